The van der Waals surface area contributed by atoms with Crippen molar-refractivity contribution in [2.75, 3.05) is 33.4 Å². The van der Waals surface area contributed by atoms with Crippen LogP contribution in [0.15, 0.2) is 24.3 Å². The summed E-state index contributed by atoms with van der Waals surface area (Å²) in [7, 11) is 1.64. The highest BCUT2D eigenvalue weighted by molar-refractivity contribution is 5.37. The van der Waals surface area contributed by atoms with E-state index in [1.165, 1.54) is 0 Å². The standard InChI is InChI=1S/C14H23NO3/c1-4-15-11-14(2,16)12-7-5-6-8-13(12)18-10-9-17-3/h5-8,15-16H,4,9-11H2,1-3H3. The molecule has 1 atom stereocenters. The van der Waals surface area contributed by atoms with Gasteiger partial charge in [0.2, 0.25) is 0 Å². The minimum absolute atomic E-state index is 0.477. The zero-order chi connectivity index (χ0) is 13.4. The molecule has 0 aromatic heterocycles. The van der Waals surface area contributed by atoms with Crippen molar-refractivity contribution < 1.29 is 14.6 Å². The van der Waals surface area contributed by atoms with Gasteiger partial charge in [-0.15, -0.1) is 0 Å². The van der Waals surface area contributed by atoms with E-state index in [1.54, 1.807) is 14.0 Å². The fourth-order valence-electron chi connectivity index (χ4n) is 1.74. The Morgan fingerprint density at radius 2 is 2.00 bits per heavy atom. The first-order valence-corrected chi connectivity index (χ1v) is 6.26. The van der Waals surface area contributed by atoms with Gasteiger partial charge in [0.1, 0.15) is 18.0 Å². The third-order valence-corrected chi connectivity index (χ3v) is 2.73. The summed E-state index contributed by atoms with van der Waals surface area (Å²) in [6, 6.07) is 7.55. The summed E-state index contributed by atoms with van der Waals surface area (Å²) in [5, 5.41) is 13.6. The van der Waals surface area contributed by atoms with Crippen molar-refractivity contribution in [1.29, 1.82) is 0 Å². The number of ether oxygens (including phenoxy) is 2. The van der Waals surface area contributed by atoms with E-state index in [0.29, 0.717) is 25.5 Å². The van der Waals surface area contributed by atoms with Gasteiger partial charge >= 0.3 is 0 Å². The maximum absolute atomic E-state index is 10.5. The number of para-hydroxylation sites is 1. The lowest BCUT2D eigenvalue weighted by molar-refractivity contribution is 0.0530. The summed E-state index contributed by atoms with van der Waals surface area (Å²) in [5.41, 5.74) is -0.151. The summed E-state index contributed by atoms with van der Waals surface area (Å²) in [6.07, 6.45) is 0. The Morgan fingerprint density at radius 1 is 1.28 bits per heavy atom. The van der Waals surface area contributed by atoms with Crippen molar-refractivity contribution in [3.8, 4) is 5.75 Å². The molecule has 0 aliphatic heterocycles. The highest BCUT2D eigenvalue weighted by Crippen LogP contribution is 2.29. The van der Waals surface area contributed by atoms with Gasteiger partial charge in [0.15, 0.2) is 0 Å². The number of nitrogens with one attached hydrogen (secondary N) is 1. The summed E-state index contributed by atoms with van der Waals surface area (Å²) >= 11 is 0. The second-order valence-electron chi connectivity index (χ2n) is 4.39. The number of aliphatic hydroxyl groups is 1. The van der Waals surface area contributed by atoms with Crippen LogP contribution < -0.4 is 10.1 Å². The second kappa shape index (κ2) is 7.36. The fraction of sp³-hybridized carbons (Fsp3) is 0.571. The van der Waals surface area contributed by atoms with E-state index in [0.717, 1.165) is 12.1 Å². The highest BCUT2D eigenvalue weighted by Gasteiger charge is 2.25. The zero-order valence-electron chi connectivity index (χ0n) is 11.4. The molecule has 102 valence electrons. The van der Waals surface area contributed by atoms with Crippen LogP contribution in [0.25, 0.3) is 0 Å². The molecule has 0 saturated heterocycles. The molecule has 0 aliphatic rings. The van der Waals surface area contributed by atoms with E-state index in [-0.39, 0.29) is 0 Å². The SMILES string of the molecule is CCNCC(C)(O)c1ccccc1OCCOC. The van der Waals surface area contributed by atoms with Gasteiger partial charge in [0.05, 0.1) is 6.61 Å². The molecule has 4 heteroatoms. The van der Waals surface area contributed by atoms with Crippen molar-refractivity contribution in [3.63, 3.8) is 0 Å². The predicted octanol–water partition coefficient (Wildman–Crippen LogP) is 1.53. The number of methoxy groups -OCH3 is 1. The number of rotatable bonds is 8. The van der Waals surface area contributed by atoms with Crippen LogP contribution in [0.3, 0.4) is 0 Å². The number of benzene rings is 1. The molecule has 4 nitrogen and oxygen atoms in total. The van der Waals surface area contributed by atoms with Gasteiger partial charge in [-0.3, -0.25) is 0 Å². The molecule has 1 rings (SSSR count). The average molecular weight is 253 g/mol. The summed E-state index contributed by atoms with van der Waals surface area (Å²) in [5.74, 6) is 0.706. The molecule has 0 saturated carbocycles. The molecule has 1 aromatic rings. The highest BCUT2D eigenvalue weighted by atomic mass is 16.5. The fourth-order valence-corrected chi connectivity index (χ4v) is 1.74. The van der Waals surface area contributed by atoms with E-state index < -0.39 is 5.60 Å². The van der Waals surface area contributed by atoms with E-state index in [4.69, 9.17) is 9.47 Å². The molecular weight excluding hydrogens is 230 g/mol. The Hall–Kier alpha value is -1.10. The maximum atomic E-state index is 10.5. The minimum atomic E-state index is -0.945. The Bertz CT molecular complexity index is 353. The molecule has 0 radical (unpaired) electrons. The van der Waals surface area contributed by atoms with Crippen LogP contribution in [-0.4, -0.2) is 38.5 Å². The predicted molar refractivity (Wildman–Crippen MR) is 71.9 cm³/mol. The lowest BCUT2D eigenvalue weighted by Gasteiger charge is -2.26. The first-order chi connectivity index (χ1) is 8.61. The molecule has 0 heterocycles. The van der Waals surface area contributed by atoms with Crippen molar-refractivity contribution in [2.24, 2.45) is 0 Å². The average Bonchev–Trinajstić information content (AvgIpc) is 2.37. The molecule has 0 fully saturated rings. The van der Waals surface area contributed by atoms with Crippen molar-refractivity contribution in [3.05, 3.63) is 29.8 Å². The Labute approximate surface area is 109 Å². The van der Waals surface area contributed by atoms with Crippen molar-refractivity contribution in [2.45, 2.75) is 19.4 Å². The molecule has 2 N–H and O–H groups in total. The lowest BCUT2D eigenvalue weighted by Crippen LogP contribution is -2.35. The van der Waals surface area contributed by atoms with E-state index in [1.807, 2.05) is 31.2 Å². The third-order valence-electron chi connectivity index (χ3n) is 2.73. The van der Waals surface area contributed by atoms with Gasteiger partial charge in [0, 0.05) is 19.2 Å². The van der Waals surface area contributed by atoms with Gasteiger partial charge in [-0.05, 0) is 19.5 Å². The molecule has 18 heavy (non-hydrogen) atoms. The molecule has 0 spiro atoms. The van der Waals surface area contributed by atoms with Gasteiger partial charge in [-0.1, -0.05) is 25.1 Å². The molecule has 0 aliphatic carbocycles. The van der Waals surface area contributed by atoms with Crippen LogP contribution >= 0.6 is 0 Å². The van der Waals surface area contributed by atoms with Crippen LogP contribution in [0.1, 0.15) is 19.4 Å². The van der Waals surface area contributed by atoms with Crippen LogP contribution in [0, 0.1) is 0 Å². The molecule has 1 aromatic carbocycles. The van der Waals surface area contributed by atoms with Gasteiger partial charge in [-0.2, -0.15) is 0 Å². The first-order valence-electron chi connectivity index (χ1n) is 6.26. The van der Waals surface area contributed by atoms with E-state index in [2.05, 4.69) is 5.32 Å². The van der Waals surface area contributed by atoms with Crippen LogP contribution in [0.2, 0.25) is 0 Å². The molecule has 1 unspecified atom stereocenters. The number of likely N-dealkylation sites (N-methyl/N-ethyl adjacent to an activating group) is 1. The lowest BCUT2D eigenvalue weighted by atomic mass is 9.95. The van der Waals surface area contributed by atoms with Crippen LogP contribution in [-0.2, 0) is 10.3 Å². The second-order valence-corrected chi connectivity index (χ2v) is 4.39. The monoisotopic (exact) mass is 253 g/mol. The van der Waals surface area contributed by atoms with Crippen LogP contribution in [0.4, 0.5) is 0 Å². The zero-order valence-corrected chi connectivity index (χ0v) is 11.4. The van der Waals surface area contributed by atoms with E-state index in [9.17, 15) is 5.11 Å². The summed E-state index contributed by atoms with van der Waals surface area (Å²) in [6.45, 7) is 6.12. The van der Waals surface area contributed by atoms with E-state index >= 15 is 0 Å². The van der Waals surface area contributed by atoms with Gasteiger partial charge < -0.3 is 19.9 Å². The Morgan fingerprint density at radius 3 is 2.67 bits per heavy atom. The van der Waals surface area contributed by atoms with Gasteiger partial charge in [-0.25, -0.2) is 0 Å². The van der Waals surface area contributed by atoms with Crippen molar-refractivity contribution in [1.82, 2.24) is 5.32 Å². The van der Waals surface area contributed by atoms with Crippen molar-refractivity contribution >= 4 is 0 Å². The number of hydrogen-bond acceptors (Lipinski definition) is 4. The topological polar surface area (TPSA) is 50.7 Å². The molecule has 0 amide bonds. The third kappa shape index (κ3) is 4.29. The maximum Gasteiger partial charge on any atom is 0.125 e. The Kier molecular flexibility index (Phi) is 6.12. The quantitative estimate of drug-likeness (QED) is 0.690. The smallest absolute Gasteiger partial charge is 0.125 e. The van der Waals surface area contributed by atoms with Gasteiger partial charge in [0.25, 0.3) is 0 Å². The minimum Gasteiger partial charge on any atom is -0.491 e. The largest absolute Gasteiger partial charge is 0.491 e. The molecule has 0 bridgehead atoms. The first kappa shape index (κ1) is 15.0. The Balaban J connectivity index is 2.79. The van der Waals surface area contributed by atoms with Crippen LogP contribution in [0.5, 0.6) is 5.75 Å². The summed E-state index contributed by atoms with van der Waals surface area (Å²) < 4.78 is 10.6. The summed E-state index contributed by atoms with van der Waals surface area (Å²) in [4.78, 5) is 0. The molecular formula is C14H23NO3. The number of hydrogen-bond donors (Lipinski definition) is 2. The normalized spacial score (nSPS) is 14.2.